The molecule has 1 atom stereocenters. The largest absolute Gasteiger partial charge is 0.468 e. The van der Waals surface area contributed by atoms with E-state index in [-0.39, 0.29) is 5.97 Å². The predicted molar refractivity (Wildman–Crippen MR) is 92.7 cm³/mol. The number of carbonyl (C=O) groups is 2. The van der Waals surface area contributed by atoms with Crippen LogP contribution in [0.1, 0.15) is 15.9 Å². The number of nitrogens with one attached hydrogen (secondary N) is 1. The number of carbonyl (C=O) groups excluding carboxylic acids is 2. The molecule has 2 aromatic carbocycles. The number of esters is 2. The van der Waals surface area contributed by atoms with Gasteiger partial charge in [-0.2, -0.15) is 0 Å². The zero-order valence-corrected chi connectivity index (χ0v) is 14.3. The van der Waals surface area contributed by atoms with Crippen LogP contribution in [0.15, 0.2) is 59.5 Å². The number of benzene rings is 2. The Balaban J connectivity index is 2.11. The SMILES string of the molecule is COC(=O)c1ccccc1SN[C@@H](Cc1ccccc1)C(=O)OC. The van der Waals surface area contributed by atoms with Crippen molar-refractivity contribution < 1.29 is 19.1 Å². The van der Waals surface area contributed by atoms with E-state index in [0.29, 0.717) is 16.9 Å². The Labute approximate surface area is 145 Å². The molecule has 2 aromatic rings. The van der Waals surface area contributed by atoms with Gasteiger partial charge in [0.15, 0.2) is 0 Å². The van der Waals surface area contributed by atoms with Crippen LogP contribution in [-0.4, -0.2) is 32.2 Å². The molecular formula is C18H19NO4S. The zero-order valence-electron chi connectivity index (χ0n) is 13.5. The summed E-state index contributed by atoms with van der Waals surface area (Å²) in [7, 11) is 2.69. The van der Waals surface area contributed by atoms with E-state index >= 15 is 0 Å². The molecule has 0 spiro atoms. The Morgan fingerprint density at radius 1 is 1.00 bits per heavy atom. The molecule has 0 unspecified atom stereocenters. The van der Waals surface area contributed by atoms with E-state index in [0.717, 1.165) is 5.56 Å². The van der Waals surface area contributed by atoms with Gasteiger partial charge in [-0.3, -0.25) is 4.79 Å². The maximum absolute atomic E-state index is 12.0. The van der Waals surface area contributed by atoms with Crippen LogP contribution < -0.4 is 4.72 Å². The van der Waals surface area contributed by atoms with Crippen LogP contribution in [0.2, 0.25) is 0 Å². The fourth-order valence-electron chi connectivity index (χ4n) is 2.13. The Hall–Kier alpha value is -2.31. The second-order valence-electron chi connectivity index (χ2n) is 4.97. The van der Waals surface area contributed by atoms with Gasteiger partial charge >= 0.3 is 11.9 Å². The average Bonchev–Trinajstić information content (AvgIpc) is 2.64. The van der Waals surface area contributed by atoms with Gasteiger partial charge in [-0.05, 0) is 36.1 Å². The molecule has 0 saturated carbocycles. The Bertz CT molecular complexity index is 690. The van der Waals surface area contributed by atoms with Crippen LogP contribution in [-0.2, 0) is 20.7 Å². The summed E-state index contributed by atoms with van der Waals surface area (Å²) in [6, 6.07) is 16.2. The number of methoxy groups -OCH3 is 2. The molecule has 0 bridgehead atoms. The molecule has 1 N–H and O–H groups in total. The molecule has 5 nitrogen and oxygen atoms in total. The van der Waals surface area contributed by atoms with Gasteiger partial charge in [0, 0.05) is 4.90 Å². The van der Waals surface area contributed by atoms with E-state index in [9.17, 15) is 9.59 Å². The molecular weight excluding hydrogens is 326 g/mol. The van der Waals surface area contributed by atoms with Crippen molar-refractivity contribution in [3.05, 3.63) is 65.7 Å². The smallest absolute Gasteiger partial charge is 0.339 e. The van der Waals surface area contributed by atoms with E-state index in [1.807, 2.05) is 36.4 Å². The van der Waals surface area contributed by atoms with Crippen LogP contribution in [0.4, 0.5) is 0 Å². The van der Waals surface area contributed by atoms with Crippen LogP contribution in [0, 0.1) is 0 Å². The quantitative estimate of drug-likeness (QED) is 0.615. The third-order valence-corrected chi connectivity index (χ3v) is 4.35. The van der Waals surface area contributed by atoms with Crippen LogP contribution in [0.3, 0.4) is 0 Å². The van der Waals surface area contributed by atoms with Crippen molar-refractivity contribution in [3.63, 3.8) is 0 Å². The Morgan fingerprint density at radius 3 is 2.33 bits per heavy atom. The van der Waals surface area contributed by atoms with Crippen molar-refractivity contribution in [2.24, 2.45) is 0 Å². The van der Waals surface area contributed by atoms with E-state index in [2.05, 4.69) is 4.72 Å². The Morgan fingerprint density at radius 2 is 1.67 bits per heavy atom. The molecule has 0 aliphatic heterocycles. The molecule has 126 valence electrons. The molecule has 0 saturated heterocycles. The monoisotopic (exact) mass is 345 g/mol. The minimum Gasteiger partial charge on any atom is -0.468 e. The summed E-state index contributed by atoms with van der Waals surface area (Å²) in [5.41, 5.74) is 1.46. The van der Waals surface area contributed by atoms with E-state index < -0.39 is 12.0 Å². The highest BCUT2D eigenvalue weighted by atomic mass is 32.2. The van der Waals surface area contributed by atoms with Crippen molar-refractivity contribution in [3.8, 4) is 0 Å². The van der Waals surface area contributed by atoms with Gasteiger partial charge in [-0.15, -0.1) is 0 Å². The number of hydrogen-bond donors (Lipinski definition) is 1. The van der Waals surface area contributed by atoms with Crippen molar-refractivity contribution in [1.29, 1.82) is 0 Å². The van der Waals surface area contributed by atoms with Gasteiger partial charge < -0.3 is 9.47 Å². The average molecular weight is 345 g/mol. The maximum Gasteiger partial charge on any atom is 0.339 e. The van der Waals surface area contributed by atoms with Crippen molar-refractivity contribution in [1.82, 2.24) is 4.72 Å². The molecule has 2 rings (SSSR count). The normalized spacial score (nSPS) is 11.6. The molecule has 24 heavy (non-hydrogen) atoms. The van der Waals surface area contributed by atoms with Crippen molar-refractivity contribution >= 4 is 23.9 Å². The number of hydrogen-bond acceptors (Lipinski definition) is 6. The van der Waals surface area contributed by atoms with Crippen LogP contribution in [0.25, 0.3) is 0 Å². The molecule has 0 fully saturated rings. The predicted octanol–water partition coefficient (Wildman–Crippen LogP) is 2.85. The first kappa shape index (κ1) is 18.0. The lowest BCUT2D eigenvalue weighted by Crippen LogP contribution is -2.35. The lowest BCUT2D eigenvalue weighted by Gasteiger charge is -2.16. The third kappa shape index (κ3) is 4.84. The Kier molecular flexibility index (Phi) is 6.84. The van der Waals surface area contributed by atoms with Gasteiger partial charge in [0.1, 0.15) is 6.04 Å². The third-order valence-electron chi connectivity index (χ3n) is 3.37. The molecule has 0 heterocycles. The van der Waals surface area contributed by atoms with Gasteiger partial charge in [0.05, 0.1) is 19.8 Å². The lowest BCUT2D eigenvalue weighted by atomic mass is 10.1. The zero-order chi connectivity index (χ0) is 17.4. The summed E-state index contributed by atoms with van der Waals surface area (Å²) >= 11 is 1.21. The highest BCUT2D eigenvalue weighted by Gasteiger charge is 2.21. The van der Waals surface area contributed by atoms with E-state index in [4.69, 9.17) is 9.47 Å². The van der Waals surface area contributed by atoms with Crippen LogP contribution >= 0.6 is 11.9 Å². The summed E-state index contributed by atoms with van der Waals surface area (Å²) in [6.07, 6.45) is 0.487. The molecule has 6 heteroatoms. The molecule has 0 aliphatic rings. The highest BCUT2D eigenvalue weighted by molar-refractivity contribution is 7.97. The number of rotatable bonds is 7. The topological polar surface area (TPSA) is 64.6 Å². The number of ether oxygens (including phenoxy) is 2. The van der Waals surface area contributed by atoms with Gasteiger partial charge in [-0.1, -0.05) is 42.5 Å². The van der Waals surface area contributed by atoms with Crippen LogP contribution in [0.5, 0.6) is 0 Å². The molecule has 0 amide bonds. The lowest BCUT2D eigenvalue weighted by molar-refractivity contribution is -0.142. The van der Waals surface area contributed by atoms with Gasteiger partial charge in [0.25, 0.3) is 0 Å². The summed E-state index contributed by atoms with van der Waals surface area (Å²) in [4.78, 5) is 24.5. The minimum atomic E-state index is -0.534. The molecule has 0 aromatic heterocycles. The summed E-state index contributed by atoms with van der Waals surface area (Å²) in [5.74, 6) is -0.778. The minimum absolute atomic E-state index is 0.359. The summed E-state index contributed by atoms with van der Waals surface area (Å²) in [5, 5.41) is 0. The first-order valence-electron chi connectivity index (χ1n) is 7.37. The highest BCUT2D eigenvalue weighted by Crippen LogP contribution is 2.22. The molecule has 0 radical (unpaired) electrons. The van der Waals surface area contributed by atoms with Gasteiger partial charge in [-0.25, -0.2) is 9.52 Å². The van der Waals surface area contributed by atoms with E-state index in [1.165, 1.54) is 26.2 Å². The van der Waals surface area contributed by atoms with Crippen molar-refractivity contribution in [2.45, 2.75) is 17.4 Å². The fraction of sp³-hybridized carbons (Fsp3) is 0.222. The maximum atomic E-state index is 12.0. The second kappa shape index (κ2) is 9.10. The van der Waals surface area contributed by atoms with Gasteiger partial charge in [0.2, 0.25) is 0 Å². The first-order chi connectivity index (χ1) is 11.7. The summed E-state index contributed by atoms with van der Waals surface area (Å²) < 4.78 is 12.7. The summed E-state index contributed by atoms with van der Waals surface area (Å²) in [6.45, 7) is 0. The molecule has 0 aliphatic carbocycles. The van der Waals surface area contributed by atoms with Crippen molar-refractivity contribution in [2.75, 3.05) is 14.2 Å². The van der Waals surface area contributed by atoms with E-state index in [1.54, 1.807) is 18.2 Å². The fourth-order valence-corrected chi connectivity index (χ4v) is 2.99. The second-order valence-corrected chi connectivity index (χ2v) is 5.85. The first-order valence-corrected chi connectivity index (χ1v) is 8.18. The standard InChI is InChI=1S/C18H19NO4S/c1-22-17(20)14-10-6-7-11-16(14)24-19-15(18(21)23-2)12-13-8-4-3-5-9-13/h3-11,15,19H,12H2,1-2H3/t15-/m0/s1.